The minimum Gasteiger partial charge on any atom is -0.480 e. The molecule has 1 heterocycles. The predicted molar refractivity (Wildman–Crippen MR) is 75.5 cm³/mol. The summed E-state index contributed by atoms with van der Waals surface area (Å²) in [5, 5.41) is 11.2. The van der Waals surface area contributed by atoms with E-state index in [1.807, 2.05) is 0 Å². The Kier molecular flexibility index (Phi) is 5.79. The monoisotopic (exact) mass is 347 g/mol. The van der Waals surface area contributed by atoms with E-state index < -0.39 is 42.4 Å². The zero-order valence-electron chi connectivity index (χ0n) is 12.5. The minimum absolute atomic E-state index is 0.0922. The normalized spacial score (nSPS) is 21.3. The maximum atomic E-state index is 12.7. The summed E-state index contributed by atoms with van der Waals surface area (Å²) < 4.78 is 48.5. The molecule has 2 atom stereocenters. The summed E-state index contributed by atoms with van der Waals surface area (Å²) in [5.41, 5.74) is -1.07. The standard InChI is InChI=1S/C15H16F3NO5/c16-15(17,18)10-3-1-2-9(6-10)14(22)19-11-7-23-5-4-12(11)24-8-13(20)21/h1-3,6,11-12H,4-5,7-8H2,(H,19,22)(H,20,21)/t11-,12+/m1/s1. The van der Waals surface area contributed by atoms with Crippen LogP contribution < -0.4 is 5.32 Å². The van der Waals surface area contributed by atoms with Crippen molar-refractivity contribution in [2.75, 3.05) is 19.8 Å². The molecule has 0 bridgehead atoms. The van der Waals surface area contributed by atoms with Gasteiger partial charge in [-0.3, -0.25) is 4.79 Å². The Morgan fingerprint density at radius 2 is 2.12 bits per heavy atom. The van der Waals surface area contributed by atoms with Crippen LogP contribution in [-0.2, 0) is 20.4 Å². The lowest BCUT2D eigenvalue weighted by molar-refractivity contribution is -0.147. The van der Waals surface area contributed by atoms with Gasteiger partial charge in [0.25, 0.3) is 5.91 Å². The maximum Gasteiger partial charge on any atom is 0.416 e. The van der Waals surface area contributed by atoms with Gasteiger partial charge in [-0.05, 0) is 24.6 Å². The molecule has 1 aromatic rings. The molecule has 132 valence electrons. The molecule has 1 fully saturated rings. The van der Waals surface area contributed by atoms with Crippen LogP contribution >= 0.6 is 0 Å². The fourth-order valence-corrected chi connectivity index (χ4v) is 2.32. The van der Waals surface area contributed by atoms with Crippen molar-refractivity contribution in [3.8, 4) is 0 Å². The van der Waals surface area contributed by atoms with E-state index in [-0.39, 0.29) is 12.2 Å². The summed E-state index contributed by atoms with van der Waals surface area (Å²) >= 11 is 0. The lowest BCUT2D eigenvalue weighted by Gasteiger charge is -2.31. The summed E-state index contributed by atoms with van der Waals surface area (Å²) in [5.74, 6) is -1.86. The summed E-state index contributed by atoms with van der Waals surface area (Å²) in [7, 11) is 0. The van der Waals surface area contributed by atoms with Crippen LogP contribution in [0, 0.1) is 0 Å². The third kappa shape index (κ3) is 4.93. The summed E-state index contributed by atoms with van der Waals surface area (Å²) in [6.45, 7) is -0.0875. The van der Waals surface area contributed by atoms with Gasteiger partial charge in [-0.15, -0.1) is 0 Å². The van der Waals surface area contributed by atoms with Crippen molar-refractivity contribution in [2.24, 2.45) is 0 Å². The molecule has 0 unspecified atom stereocenters. The van der Waals surface area contributed by atoms with E-state index in [0.717, 1.165) is 18.2 Å². The van der Waals surface area contributed by atoms with Crippen LogP contribution in [0.4, 0.5) is 13.2 Å². The first-order valence-electron chi connectivity index (χ1n) is 7.16. The lowest BCUT2D eigenvalue weighted by Crippen LogP contribution is -2.51. The first-order chi connectivity index (χ1) is 11.3. The molecular formula is C15H16F3NO5. The highest BCUT2D eigenvalue weighted by atomic mass is 19.4. The number of carboxylic acids is 1. The van der Waals surface area contributed by atoms with Crippen LogP contribution in [-0.4, -0.2) is 48.9 Å². The number of carboxylic acid groups (broad SMARTS) is 1. The number of amides is 1. The van der Waals surface area contributed by atoms with Gasteiger partial charge < -0.3 is 19.9 Å². The maximum absolute atomic E-state index is 12.7. The van der Waals surface area contributed by atoms with Crippen molar-refractivity contribution in [1.29, 1.82) is 0 Å². The third-order valence-electron chi connectivity index (χ3n) is 3.48. The predicted octanol–water partition coefficient (Wildman–Crippen LogP) is 1.69. The fourth-order valence-electron chi connectivity index (χ4n) is 2.32. The number of hydrogen-bond donors (Lipinski definition) is 2. The van der Waals surface area contributed by atoms with Crippen LogP contribution in [0.15, 0.2) is 24.3 Å². The number of aliphatic carboxylic acids is 1. The highest BCUT2D eigenvalue weighted by Crippen LogP contribution is 2.29. The van der Waals surface area contributed by atoms with Gasteiger partial charge in [0.1, 0.15) is 6.61 Å². The Balaban J connectivity index is 2.05. The molecule has 0 spiro atoms. The Morgan fingerprint density at radius 1 is 1.38 bits per heavy atom. The molecule has 0 saturated carbocycles. The molecular weight excluding hydrogens is 331 g/mol. The second-order valence-electron chi connectivity index (χ2n) is 5.27. The van der Waals surface area contributed by atoms with E-state index in [0.29, 0.717) is 13.0 Å². The summed E-state index contributed by atoms with van der Waals surface area (Å²) in [6, 6.07) is 3.40. The van der Waals surface area contributed by atoms with E-state index in [9.17, 15) is 22.8 Å². The van der Waals surface area contributed by atoms with Crippen molar-refractivity contribution in [2.45, 2.75) is 24.7 Å². The van der Waals surface area contributed by atoms with Crippen molar-refractivity contribution < 1.29 is 37.3 Å². The molecule has 0 radical (unpaired) electrons. The molecule has 1 aliphatic rings. The number of alkyl halides is 3. The number of carbonyl (C=O) groups is 2. The zero-order valence-corrected chi connectivity index (χ0v) is 12.5. The van der Waals surface area contributed by atoms with Crippen LogP contribution in [0.3, 0.4) is 0 Å². The quantitative estimate of drug-likeness (QED) is 0.847. The van der Waals surface area contributed by atoms with E-state index in [1.165, 1.54) is 6.07 Å². The van der Waals surface area contributed by atoms with Crippen LogP contribution in [0.25, 0.3) is 0 Å². The Labute approximate surface area is 135 Å². The summed E-state index contributed by atoms with van der Waals surface area (Å²) in [6.07, 6.45) is -4.75. The number of benzene rings is 1. The van der Waals surface area contributed by atoms with Gasteiger partial charge in [0.05, 0.1) is 24.3 Å². The average Bonchev–Trinajstić information content (AvgIpc) is 2.53. The molecule has 1 saturated heterocycles. The second kappa shape index (κ2) is 7.63. The number of carbonyl (C=O) groups excluding carboxylic acids is 1. The molecule has 9 heteroatoms. The zero-order chi connectivity index (χ0) is 17.7. The molecule has 24 heavy (non-hydrogen) atoms. The average molecular weight is 347 g/mol. The SMILES string of the molecule is O=C(O)CO[C@H]1CCOC[C@H]1NC(=O)c1cccc(C(F)(F)F)c1. The Morgan fingerprint density at radius 3 is 2.79 bits per heavy atom. The summed E-state index contributed by atoms with van der Waals surface area (Å²) in [4.78, 5) is 22.7. The second-order valence-corrected chi connectivity index (χ2v) is 5.27. The molecule has 1 amide bonds. The molecule has 6 nitrogen and oxygen atoms in total. The van der Waals surface area contributed by atoms with Crippen LogP contribution in [0.1, 0.15) is 22.3 Å². The first-order valence-corrected chi connectivity index (χ1v) is 7.16. The van der Waals surface area contributed by atoms with E-state index in [1.54, 1.807) is 0 Å². The van der Waals surface area contributed by atoms with Gasteiger partial charge in [-0.25, -0.2) is 4.79 Å². The third-order valence-corrected chi connectivity index (χ3v) is 3.48. The van der Waals surface area contributed by atoms with Crippen LogP contribution in [0.5, 0.6) is 0 Å². The lowest BCUT2D eigenvalue weighted by atomic mass is 10.0. The van der Waals surface area contributed by atoms with Crippen molar-refractivity contribution in [3.63, 3.8) is 0 Å². The smallest absolute Gasteiger partial charge is 0.416 e. The molecule has 0 aliphatic carbocycles. The number of rotatable bonds is 5. The fraction of sp³-hybridized carbons (Fsp3) is 0.467. The molecule has 0 aromatic heterocycles. The topological polar surface area (TPSA) is 84.9 Å². The van der Waals surface area contributed by atoms with Gasteiger partial charge in [-0.1, -0.05) is 6.07 Å². The Hall–Kier alpha value is -2.13. The molecule has 2 rings (SSSR count). The van der Waals surface area contributed by atoms with E-state index in [2.05, 4.69) is 5.32 Å². The highest BCUT2D eigenvalue weighted by Gasteiger charge is 2.32. The first kappa shape index (κ1) is 18.2. The largest absolute Gasteiger partial charge is 0.480 e. The highest BCUT2D eigenvalue weighted by molar-refractivity contribution is 5.94. The van der Waals surface area contributed by atoms with Crippen molar-refractivity contribution in [3.05, 3.63) is 35.4 Å². The minimum atomic E-state index is -4.54. The number of hydrogen-bond acceptors (Lipinski definition) is 4. The molecule has 1 aliphatic heterocycles. The number of ether oxygens (including phenoxy) is 2. The van der Waals surface area contributed by atoms with Crippen LogP contribution in [0.2, 0.25) is 0 Å². The van der Waals surface area contributed by atoms with Gasteiger partial charge in [0.15, 0.2) is 0 Å². The van der Waals surface area contributed by atoms with Gasteiger partial charge >= 0.3 is 12.1 Å². The van der Waals surface area contributed by atoms with Gasteiger partial charge in [-0.2, -0.15) is 13.2 Å². The van der Waals surface area contributed by atoms with Gasteiger partial charge in [0, 0.05) is 12.2 Å². The van der Waals surface area contributed by atoms with Gasteiger partial charge in [0.2, 0.25) is 0 Å². The van der Waals surface area contributed by atoms with E-state index >= 15 is 0 Å². The Bertz CT molecular complexity index is 605. The van der Waals surface area contributed by atoms with Crippen molar-refractivity contribution in [1.82, 2.24) is 5.32 Å². The number of nitrogens with one attached hydrogen (secondary N) is 1. The number of halogens is 3. The molecule has 1 aromatic carbocycles. The molecule has 2 N–H and O–H groups in total. The van der Waals surface area contributed by atoms with Crippen molar-refractivity contribution >= 4 is 11.9 Å². The van der Waals surface area contributed by atoms with E-state index in [4.69, 9.17) is 14.6 Å².